The molecule has 1 aromatic rings. The quantitative estimate of drug-likeness (QED) is 0.877. The van der Waals surface area contributed by atoms with Crippen molar-refractivity contribution in [3.05, 3.63) is 27.7 Å². The Morgan fingerprint density at radius 1 is 1.50 bits per heavy atom. The van der Waals surface area contributed by atoms with Crippen molar-refractivity contribution in [1.29, 1.82) is 0 Å². The summed E-state index contributed by atoms with van der Waals surface area (Å²) in [5.74, 6) is -0.0244. The molecule has 1 amide bonds. The smallest absolute Gasteiger partial charge is 0.226 e. The van der Waals surface area contributed by atoms with Crippen molar-refractivity contribution >= 4 is 39.1 Å². The van der Waals surface area contributed by atoms with Gasteiger partial charge in [0.1, 0.15) is 0 Å². The number of nitrogens with one attached hydrogen (secondary N) is 1. The highest BCUT2D eigenvalue weighted by atomic mass is 79.9. The molecule has 0 spiro atoms. The summed E-state index contributed by atoms with van der Waals surface area (Å²) in [5.41, 5.74) is 0.750. The largest absolute Gasteiger partial charge is 0.326 e. The van der Waals surface area contributed by atoms with Gasteiger partial charge in [0.05, 0.1) is 5.02 Å². The molecule has 1 aromatic carbocycles. The first kappa shape index (κ1) is 11.5. The maximum Gasteiger partial charge on any atom is 0.226 e. The Kier molecular flexibility index (Phi) is 3.96. The summed E-state index contributed by atoms with van der Waals surface area (Å²) in [6.45, 7) is 3.70. The average Bonchev–Trinajstić information content (AvgIpc) is 2.11. The van der Waals surface area contributed by atoms with E-state index in [-0.39, 0.29) is 11.8 Å². The molecule has 0 fully saturated rings. The molecule has 14 heavy (non-hydrogen) atoms. The van der Waals surface area contributed by atoms with Gasteiger partial charge in [0, 0.05) is 16.1 Å². The molecule has 4 heteroatoms. The number of carbonyl (C=O) groups is 1. The van der Waals surface area contributed by atoms with E-state index in [1.807, 2.05) is 13.8 Å². The van der Waals surface area contributed by atoms with E-state index in [1.54, 1.807) is 18.2 Å². The van der Waals surface area contributed by atoms with E-state index < -0.39 is 0 Å². The molecule has 0 aromatic heterocycles. The summed E-state index contributed by atoms with van der Waals surface area (Å²) in [4.78, 5) is 11.3. The highest BCUT2D eigenvalue weighted by molar-refractivity contribution is 9.10. The number of anilines is 1. The van der Waals surface area contributed by atoms with Crippen LogP contribution in [0.1, 0.15) is 13.8 Å². The number of rotatable bonds is 2. The van der Waals surface area contributed by atoms with E-state index >= 15 is 0 Å². The maximum absolute atomic E-state index is 11.3. The first-order valence-electron chi connectivity index (χ1n) is 4.26. The highest BCUT2D eigenvalue weighted by Crippen LogP contribution is 2.25. The van der Waals surface area contributed by atoms with Crippen LogP contribution in [0, 0.1) is 5.92 Å². The standard InChI is InChI=1S/C10H11BrClNO/c1-6(2)10(14)13-7-3-4-9(12)8(11)5-7/h3-6H,1-2H3,(H,13,14). The highest BCUT2D eigenvalue weighted by Gasteiger charge is 2.07. The molecular weight excluding hydrogens is 265 g/mol. The minimum Gasteiger partial charge on any atom is -0.326 e. The van der Waals surface area contributed by atoms with Gasteiger partial charge in [-0.25, -0.2) is 0 Å². The first-order valence-corrected chi connectivity index (χ1v) is 5.43. The van der Waals surface area contributed by atoms with Crippen LogP contribution in [-0.4, -0.2) is 5.91 Å². The van der Waals surface area contributed by atoms with Crippen LogP contribution in [0.15, 0.2) is 22.7 Å². The topological polar surface area (TPSA) is 29.1 Å². The molecule has 76 valence electrons. The molecular formula is C10H11BrClNO. The zero-order valence-corrected chi connectivity index (χ0v) is 10.3. The second-order valence-corrected chi connectivity index (χ2v) is 4.53. The zero-order chi connectivity index (χ0) is 10.7. The summed E-state index contributed by atoms with van der Waals surface area (Å²) < 4.78 is 0.778. The number of benzene rings is 1. The monoisotopic (exact) mass is 275 g/mol. The Hall–Kier alpha value is -0.540. The minimum absolute atomic E-state index is 0.000720. The Balaban J connectivity index is 2.78. The molecule has 0 radical (unpaired) electrons. The predicted octanol–water partition coefficient (Wildman–Crippen LogP) is 3.70. The summed E-state index contributed by atoms with van der Waals surface area (Å²) >= 11 is 9.11. The molecule has 1 rings (SSSR count). The fourth-order valence-corrected chi connectivity index (χ4v) is 1.36. The van der Waals surface area contributed by atoms with Crippen LogP contribution in [0.4, 0.5) is 5.69 Å². The summed E-state index contributed by atoms with van der Waals surface area (Å²) in [5, 5.41) is 3.41. The zero-order valence-electron chi connectivity index (χ0n) is 7.97. The molecule has 0 heterocycles. The van der Waals surface area contributed by atoms with Crippen molar-refractivity contribution in [3.8, 4) is 0 Å². The molecule has 0 saturated heterocycles. The Bertz CT molecular complexity index is 352. The van der Waals surface area contributed by atoms with E-state index in [0.717, 1.165) is 10.2 Å². The van der Waals surface area contributed by atoms with E-state index in [1.165, 1.54) is 0 Å². The van der Waals surface area contributed by atoms with Gasteiger partial charge in [-0.1, -0.05) is 25.4 Å². The van der Waals surface area contributed by atoms with Crippen molar-refractivity contribution in [2.24, 2.45) is 5.92 Å². The van der Waals surface area contributed by atoms with Crippen LogP contribution in [-0.2, 0) is 4.79 Å². The number of hydrogen-bond donors (Lipinski definition) is 1. The Labute approximate surface area is 96.8 Å². The number of halogens is 2. The lowest BCUT2D eigenvalue weighted by molar-refractivity contribution is -0.118. The van der Waals surface area contributed by atoms with Crippen molar-refractivity contribution in [1.82, 2.24) is 0 Å². The normalized spacial score (nSPS) is 10.4. The Morgan fingerprint density at radius 3 is 2.64 bits per heavy atom. The lowest BCUT2D eigenvalue weighted by Gasteiger charge is -2.08. The average molecular weight is 277 g/mol. The van der Waals surface area contributed by atoms with Crippen LogP contribution < -0.4 is 5.32 Å². The van der Waals surface area contributed by atoms with Crippen molar-refractivity contribution in [2.75, 3.05) is 5.32 Å². The van der Waals surface area contributed by atoms with Crippen LogP contribution in [0.3, 0.4) is 0 Å². The van der Waals surface area contributed by atoms with E-state index in [9.17, 15) is 4.79 Å². The SMILES string of the molecule is CC(C)C(=O)Nc1ccc(Cl)c(Br)c1. The van der Waals surface area contributed by atoms with Gasteiger partial charge in [-0.3, -0.25) is 4.79 Å². The van der Waals surface area contributed by atoms with Crippen molar-refractivity contribution < 1.29 is 4.79 Å². The number of hydrogen-bond acceptors (Lipinski definition) is 1. The van der Waals surface area contributed by atoms with Gasteiger partial charge in [0.2, 0.25) is 5.91 Å². The summed E-state index contributed by atoms with van der Waals surface area (Å²) in [6, 6.07) is 5.29. The summed E-state index contributed by atoms with van der Waals surface area (Å²) in [7, 11) is 0. The molecule has 0 bridgehead atoms. The molecule has 0 aliphatic carbocycles. The molecule has 2 nitrogen and oxygen atoms in total. The fraction of sp³-hybridized carbons (Fsp3) is 0.300. The molecule has 1 N–H and O–H groups in total. The van der Waals surface area contributed by atoms with Crippen molar-refractivity contribution in [2.45, 2.75) is 13.8 Å². The van der Waals surface area contributed by atoms with E-state index in [0.29, 0.717) is 5.02 Å². The number of carbonyl (C=O) groups excluding carboxylic acids is 1. The Morgan fingerprint density at radius 2 is 2.14 bits per heavy atom. The molecule has 0 saturated carbocycles. The van der Waals surface area contributed by atoms with Crippen LogP contribution in [0.5, 0.6) is 0 Å². The van der Waals surface area contributed by atoms with Gasteiger partial charge >= 0.3 is 0 Å². The molecule has 0 aliphatic rings. The number of amides is 1. The summed E-state index contributed by atoms with van der Waals surface area (Å²) in [6.07, 6.45) is 0. The van der Waals surface area contributed by atoms with Gasteiger partial charge in [0.15, 0.2) is 0 Å². The van der Waals surface area contributed by atoms with E-state index in [2.05, 4.69) is 21.2 Å². The van der Waals surface area contributed by atoms with Gasteiger partial charge in [0.25, 0.3) is 0 Å². The van der Waals surface area contributed by atoms with Crippen LogP contribution in [0.25, 0.3) is 0 Å². The van der Waals surface area contributed by atoms with E-state index in [4.69, 9.17) is 11.6 Å². The van der Waals surface area contributed by atoms with Crippen molar-refractivity contribution in [3.63, 3.8) is 0 Å². The predicted molar refractivity (Wildman–Crippen MR) is 62.6 cm³/mol. The van der Waals surface area contributed by atoms with Crippen LogP contribution in [0.2, 0.25) is 5.02 Å². The van der Waals surface area contributed by atoms with Crippen LogP contribution >= 0.6 is 27.5 Å². The molecule has 0 atom stereocenters. The van der Waals surface area contributed by atoms with Gasteiger partial charge < -0.3 is 5.32 Å². The lowest BCUT2D eigenvalue weighted by atomic mass is 10.2. The molecule has 0 aliphatic heterocycles. The minimum atomic E-state index is -0.0237. The van der Waals surface area contributed by atoms with Gasteiger partial charge in [-0.15, -0.1) is 0 Å². The third kappa shape index (κ3) is 3.00. The molecule has 0 unspecified atom stereocenters. The third-order valence-corrected chi connectivity index (χ3v) is 2.93. The third-order valence-electron chi connectivity index (χ3n) is 1.71. The second kappa shape index (κ2) is 4.80. The van der Waals surface area contributed by atoms with Gasteiger partial charge in [-0.2, -0.15) is 0 Å². The lowest BCUT2D eigenvalue weighted by Crippen LogP contribution is -2.17. The first-order chi connectivity index (χ1) is 6.50. The maximum atomic E-state index is 11.3. The second-order valence-electron chi connectivity index (χ2n) is 3.27. The fourth-order valence-electron chi connectivity index (χ4n) is 0.860. The van der Waals surface area contributed by atoms with Gasteiger partial charge in [-0.05, 0) is 34.1 Å².